The molecule has 1 aromatic carbocycles. The van der Waals surface area contributed by atoms with Gasteiger partial charge < -0.3 is 9.72 Å². The number of pyridine rings is 1. The van der Waals surface area contributed by atoms with Crippen molar-refractivity contribution in [1.29, 1.82) is 0 Å². The summed E-state index contributed by atoms with van der Waals surface area (Å²) in [7, 11) is 1.67. The van der Waals surface area contributed by atoms with Crippen LogP contribution in [0.25, 0.3) is 11.4 Å². The summed E-state index contributed by atoms with van der Waals surface area (Å²) in [6, 6.07) is 13.7. The topological polar surface area (TPSA) is 71.1 Å². The first-order valence-electron chi connectivity index (χ1n) is 9.61. The normalized spacial score (nSPS) is 17.4. The lowest BCUT2D eigenvalue weighted by Gasteiger charge is -2.35. The van der Waals surface area contributed by atoms with E-state index in [2.05, 4.69) is 27.0 Å². The highest BCUT2D eigenvalue weighted by Crippen LogP contribution is 2.31. The zero-order valence-electron chi connectivity index (χ0n) is 16.0. The van der Waals surface area contributed by atoms with E-state index >= 15 is 0 Å². The fourth-order valence-electron chi connectivity index (χ4n) is 3.77. The Morgan fingerprint density at radius 1 is 1.21 bits per heavy atom. The van der Waals surface area contributed by atoms with Crippen LogP contribution in [0.3, 0.4) is 0 Å². The van der Waals surface area contributed by atoms with Crippen molar-refractivity contribution in [3.63, 3.8) is 0 Å². The number of H-pyrrole nitrogens is 1. The van der Waals surface area contributed by atoms with Crippen molar-refractivity contribution in [2.45, 2.75) is 31.8 Å². The third-order valence-electron chi connectivity index (χ3n) is 5.20. The van der Waals surface area contributed by atoms with Gasteiger partial charge in [0, 0.05) is 30.6 Å². The molecule has 1 saturated heterocycles. The van der Waals surface area contributed by atoms with Crippen molar-refractivity contribution >= 4 is 0 Å². The van der Waals surface area contributed by atoms with E-state index in [1.807, 2.05) is 24.3 Å². The molecule has 3 heterocycles. The van der Waals surface area contributed by atoms with Crippen LogP contribution in [-0.4, -0.2) is 33.5 Å². The number of piperidine rings is 1. The number of rotatable bonds is 5. The number of hydrogen-bond donors (Lipinski definition) is 1. The summed E-state index contributed by atoms with van der Waals surface area (Å²) in [5.41, 5.74) is 2.75. The van der Waals surface area contributed by atoms with Gasteiger partial charge >= 0.3 is 0 Å². The molecule has 3 aromatic rings. The number of hydrogen-bond acceptors (Lipinski definition) is 5. The number of likely N-dealkylation sites (tertiary alicyclic amines) is 1. The van der Waals surface area contributed by atoms with E-state index in [9.17, 15) is 4.79 Å². The minimum atomic E-state index is -0.126. The largest absolute Gasteiger partial charge is 0.497 e. The molecule has 0 bridgehead atoms. The Morgan fingerprint density at radius 2 is 2.07 bits per heavy atom. The quantitative estimate of drug-likeness (QED) is 0.737. The third kappa shape index (κ3) is 4.12. The molecule has 1 aliphatic rings. The van der Waals surface area contributed by atoms with E-state index in [1.165, 1.54) is 5.56 Å². The summed E-state index contributed by atoms with van der Waals surface area (Å²) in [4.78, 5) is 26.5. The molecule has 1 fully saturated rings. The molecule has 6 heteroatoms. The highest BCUT2D eigenvalue weighted by Gasteiger charge is 2.26. The summed E-state index contributed by atoms with van der Waals surface area (Å²) in [5, 5.41) is 0. The Bertz CT molecular complexity index is 970. The van der Waals surface area contributed by atoms with Crippen LogP contribution in [0, 0.1) is 0 Å². The number of methoxy groups -OCH3 is 1. The Balaban J connectivity index is 1.62. The van der Waals surface area contributed by atoms with E-state index < -0.39 is 0 Å². The van der Waals surface area contributed by atoms with Gasteiger partial charge in [0.15, 0.2) is 0 Å². The van der Waals surface area contributed by atoms with E-state index in [4.69, 9.17) is 9.72 Å². The Hall–Kier alpha value is -2.99. The molecule has 1 atom stereocenters. The van der Waals surface area contributed by atoms with Gasteiger partial charge in [0.05, 0.1) is 18.8 Å². The SMILES string of the molecule is COc1ccc(CN2CCCCC2c2cc(=O)[nH]c(-c3cccnc3)n2)cc1. The van der Waals surface area contributed by atoms with Gasteiger partial charge in [-0.05, 0) is 49.2 Å². The van der Waals surface area contributed by atoms with Crippen LogP contribution in [0.5, 0.6) is 5.75 Å². The molecule has 0 aliphatic carbocycles. The van der Waals surface area contributed by atoms with Gasteiger partial charge in [-0.1, -0.05) is 18.6 Å². The predicted octanol–water partition coefficient (Wildman–Crippen LogP) is 3.57. The van der Waals surface area contributed by atoms with Gasteiger partial charge in [0.2, 0.25) is 0 Å². The van der Waals surface area contributed by atoms with Crippen molar-refractivity contribution in [3.05, 3.63) is 76.5 Å². The average molecular weight is 376 g/mol. The fraction of sp³-hybridized carbons (Fsp3) is 0.318. The maximum atomic E-state index is 12.3. The van der Waals surface area contributed by atoms with Crippen molar-refractivity contribution in [2.75, 3.05) is 13.7 Å². The number of ether oxygens (including phenoxy) is 1. The average Bonchev–Trinajstić information content (AvgIpc) is 2.75. The first-order chi connectivity index (χ1) is 13.7. The molecular formula is C22H24N4O2. The standard InChI is InChI=1S/C22H24N4O2/c1-28-18-9-7-16(8-10-18)15-26-12-3-2-6-20(26)19-13-21(27)25-22(24-19)17-5-4-11-23-14-17/h4-5,7-11,13-14,20H,2-3,6,12,15H2,1H3,(H,24,25,27). The van der Waals surface area contributed by atoms with E-state index in [-0.39, 0.29) is 11.6 Å². The summed E-state index contributed by atoms with van der Waals surface area (Å²) in [6.07, 6.45) is 6.73. The second-order valence-electron chi connectivity index (χ2n) is 7.09. The smallest absolute Gasteiger partial charge is 0.251 e. The minimum Gasteiger partial charge on any atom is -0.497 e. The minimum absolute atomic E-state index is 0.126. The van der Waals surface area contributed by atoms with Crippen molar-refractivity contribution < 1.29 is 4.74 Å². The van der Waals surface area contributed by atoms with Crippen molar-refractivity contribution in [3.8, 4) is 17.1 Å². The lowest BCUT2D eigenvalue weighted by molar-refractivity contribution is 0.137. The molecule has 1 N–H and O–H groups in total. The highest BCUT2D eigenvalue weighted by molar-refractivity contribution is 5.52. The summed E-state index contributed by atoms with van der Waals surface area (Å²) < 4.78 is 5.25. The van der Waals surface area contributed by atoms with Crippen LogP contribution >= 0.6 is 0 Å². The molecule has 1 unspecified atom stereocenters. The molecule has 1 aliphatic heterocycles. The van der Waals surface area contributed by atoms with Crippen molar-refractivity contribution in [1.82, 2.24) is 19.9 Å². The Morgan fingerprint density at radius 3 is 2.82 bits per heavy atom. The first-order valence-corrected chi connectivity index (χ1v) is 9.61. The molecule has 2 aromatic heterocycles. The molecule has 4 rings (SSSR count). The van der Waals surface area contributed by atoms with Crippen LogP contribution in [-0.2, 0) is 6.54 Å². The van der Waals surface area contributed by atoms with Gasteiger partial charge in [0.25, 0.3) is 5.56 Å². The molecule has 0 spiro atoms. The monoisotopic (exact) mass is 376 g/mol. The lowest BCUT2D eigenvalue weighted by atomic mass is 9.98. The summed E-state index contributed by atoms with van der Waals surface area (Å²) in [5.74, 6) is 1.43. The molecule has 0 radical (unpaired) electrons. The van der Waals surface area contributed by atoms with E-state index in [0.29, 0.717) is 5.82 Å². The van der Waals surface area contributed by atoms with Gasteiger partial charge in [-0.3, -0.25) is 14.7 Å². The maximum absolute atomic E-state index is 12.3. The van der Waals surface area contributed by atoms with Crippen molar-refractivity contribution in [2.24, 2.45) is 0 Å². The van der Waals surface area contributed by atoms with Crippen LogP contribution in [0.1, 0.15) is 36.6 Å². The number of aromatic amines is 1. The number of benzene rings is 1. The summed E-state index contributed by atoms with van der Waals surface area (Å²) >= 11 is 0. The van der Waals surface area contributed by atoms with Crippen LogP contribution in [0.2, 0.25) is 0 Å². The number of nitrogens with zero attached hydrogens (tertiary/aromatic N) is 3. The zero-order valence-corrected chi connectivity index (χ0v) is 16.0. The van der Waals surface area contributed by atoms with Gasteiger partial charge in [-0.25, -0.2) is 4.98 Å². The van der Waals surface area contributed by atoms with Crippen LogP contribution in [0.15, 0.2) is 59.7 Å². The lowest BCUT2D eigenvalue weighted by Crippen LogP contribution is -2.34. The zero-order chi connectivity index (χ0) is 19.3. The molecule has 144 valence electrons. The molecular weight excluding hydrogens is 352 g/mol. The van der Waals surface area contributed by atoms with E-state index in [0.717, 1.165) is 49.4 Å². The third-order valence-corrected chi connectivity index (χ3v) is 5.20. The molecule has 6 nitrogen and oxygen atoms in total. The Labute approximate surface area is 164 Å². The fourth-order valence-corrected chi connectivity index (χ4v) is 3.77. The van der Waals surface area contributed by atoms with E-state index in [1.54, 1.807) is 25.6 Å². The molecule has 28 heavy (non-hydrogen) atoms. The van der Waals surface area contributed by atoms with Gasteiger partial charge in [-0.15, -0.1) is 0 Å². The highest BCUT2D eigenvalue weighted by atomic mass is 16.5. The number of aromatic nitrogens is 3. The first kappa shape index (κ1) is 18.4. The second kappa shape index (κ2) is 8.35. The second-order valence-corrected chi connectivity index (χ2v) is 7.09. The maximum Gasteiger partial charge on any atom is 0.251 e. The molecule has 0 saturated carbocycles. The van der Waals surface area contributed by atoms with Gasteiger partial charge in [-0.2, -0.15) is 0 Å². The van der Waals surface area contributed by atoms with Crippen LogP contribution < -0.4 is 10.3 Å². The Kier molecular flexibility index (Phi) is 5.48. The molecule has 0 amide bonds. The van der Waals surface area contributed by atoms with Crippen LogP contribution in [0.4, 0.5) is 0 Å². The predicted molar refractivity (Wildman–Crippen MR) is 108 cm³/mol. The van der Waals surface area contributed by atoms with Gasteiger partial charge in [0.1, 0.15) is 11.6 Å². The summed E-state index contributed by atoms with van der Waals surface area (Å²) in [6.45, 7) is 1.82. The number of nitrogens with one attached hydrogen (secondary N) is 1.